The van der Waals surface area contributed by atoms with E-state index in [1.54, 1.807) is 0 Å². The third kappa shape index (κ3) is 3.80. The Morgan fingerprint density at radius 1 is 1.42 bits per heavy atom. The fourth-order valence-corrected chi connectivity index (χ4v) is 2.48. The van der Waals surface area contributed by atoms with Crippen molar-refractivity contribution in [3.63, 3.8) is 0 Å². The van der Waals surface area contributed by atoms with E-state index < -0.39 is 0 Å². The molecule has 1 aromatic rings. The van der Waals surface area contributed by atoms with E-state index >= 15 is 0 Å². The summed E-state index contributed by atoms with van der Waals surface area (Å²) in [6.45, 7) is 6.65. The second-order valence-corrected chi connectivity index (χ2v) is 5.40. The fraction of sp³-hybridized carbons (Fsp3) is 0.562. The molecule has 3 nitrogen and oxygen atoms in total. The van der Waals surface area contributed by atoms with Gasteiger partial charge in [-0.1, -0.05) is 26.3 Å². The average Bonchev–Trinajstić information content (AvgIpc) is 2.44. The van der Waals surface area contributed by atoms with Crippen molar-refractivity contribution in [3.05, 3.63) is 34.9 Å². The summed E-state index contributed by atoms with van der Waals surface area (Å²) in [5.74, 6) is 0.240. The van der Waals surface area contributed by atoms with Crippen LogP contribution in [-0.2, 0) is 17.7 Å². The van der Waals surface area contributed by atoms with Gasteiger partial charge in [0, 0.05) is 6.54 Å². The van der Waals surface area contributed by atoms with E-state index in [1.165, 1.54) is 11.1 Å². The minimum Gasteiger partial charge on any atom is -0.462 e. The number of nitrogens with one attached hydrogen (secondary N) is 1. The second kappa shape index (κ2) is 6.71. The van der Waals surface area contributed by atoms with E-state index in [4.69, 9.17) is 4.74 Å². The first-order chi connectivity index (χ1) is 9.20. The third-order valence-electron chi connectivity index (χ3n) is 3.61. The molecule has 1 heterocycles. The summed E-state index contributed by atoms with van der Waals surface area (Å²) in [6, 6.07) is 5.91. The number of carbonyl (C=O) groups excluding carboxylic acids is 1. The summed E-state index contributed by atoms with van der Waals surface area (Å²) in [5.41, 5.74) is 3.24. The van der Waals surface area contributed by atoms with Crippen LogP contribution in [0.3, 0.4) is 0 Å². The molecular formula is C16H23NO2. The number of ether oxygens (including phenoxy) is 1. The Morgan fingerprint density at radius 3 is 3.05 bits per heavy atom. The molecule has 0 amide bonds. The minimum absolute atomic E-state index is 0.198. The van der Waals surface area contributed by atoms with Crippen molar-refractivity contribution in [2.24, 2.45) is 5.92 Å². The van der Waals surface area contributed by atoms with Crippen LogP contribution in [0.25, 0.3) is 0 Å². The van der Waals surface area contributed by atoms with Crippen molar-refractivity contribution >= 4 is 5.97 Å². The van der Waals surface area contributed by atoms with Crippen molar-refractivity contribution < 1.29 is 9.53 Å². The third-order valence-corrected chi connectivity index (χ3v) is 3.61. The molecule has 0 saturated heterocycles. The fourth-order valence-electron chi connectivity index (χ4n) is 2.48. The molecule has 1 atom stereocenters. The molecule has 19 heavy (non-hydrogen) atoms. The van der Waals surface area contributed by atoms with Gasteiger partial charge in [0.05, 0.1) is 12.2 Å². The summed E-state index contributed by atoms with van der Waals surface area (Å²) in [5, 5.41) is 3.32. The van der Waals surface area contributed by atoms with Gasteiger partial charge in [0.15, 0.2) is 0 Å². The molecule has 1 aromatic carbocycles. The summed E-state index contributed by atoms with van der Waals surface area (Å²) in [4.78, 5) is 12.0. The maximum Gasteiger partial charge on any atom is 0.338 e. The number of esters is 1. The highest BCUT2D eigenvalue weighted by Gasteiger charge is 2.14. The highest BCUT2D eigenvalue weighted by Crippen LogP contribution is 2.17. The quantitative estimate of drug-likeness (QED) is 0.828. The van der Waals surface area contributed by atoms with Crippen LogP contribution in [0.15, 0.2) is 18.2 Å². The SMILES string of the molecule is CCCC(C)COC(=O)c1ccc2c(c1)CNCC2. The molecule has 1 aliphatic rings. The van der Waals surface area contributed by atoms with Crippen LogP contribution in [0.2, 0.25) is 0 Å². The topological polar surface area (TPSA) is 38.3 Å². The van der Waals surface area contributed by atoms with Crippen molar-refractivity contribution in [2.75, 3.05) is 13.2 Å². The lowest BCUT2D eigenvalue weighted by Gasteiger charge is -2.18. The van der Waals surface area contributed by atoms with Gasteiger partial charge in [-0.25, -0.2) is 4.79 Å². The smallest absolute Gasteiger partial charge is 0.338 e. The van der Waals surface area contributed by atoms with Gasteiger partial charge in [0.1, 0.15) is 0 Å². The molecule has 3 heteroatoms. The average molecular weight is 261 g/mol. The van der Waals surface area contributed by atoms with Crippen LogP contribution in [0, 0.1) is 5.92 Å². The zero-order valence-corrected chi connectivity index (χ0v) is 11.9. The molecule has 1 aliphatic heterocycles. The molecule has 0 fully saturated rings. The van der Waals surface area contributed by atoms with Crippen molar-refractivity contribution in [1.29, 1.82) is 0 Å². The predicted molar refractivity (Wildman–Crippen MR) is 76.2 cm³/mol. The zero-order valence-electron chi connectivity index (χ0n) is 11.9. The number of benzene rings is 1. The number of carbonyl (C=O) groups is 1. The van der Waals surface area contributed by atoms with Gasteiger partial charge in [0.25, 0.3) is 0 Å². The first kappa shape index (κ1) is 14.1. The van der Waals surface area contributed by atoms with Crippen LogP contribution < -0.4 is 5.32 Å². The molecule has 104 valence electrons. The van der Waals surface area contributed by atoms with Crippen molar-refractivity contribution in [3.8, 4) is 0 Å². The molecule has 1 unspecified atom stereocenters. The van der Waals surface area contributed by atoms with Crippen LogP contribution in [0.1, 0.15) is 48.2 Å². The van der Waals surface area contributed by atoms with Gasteiger partial charge >= 0.3 is 5.97 Å². The Balaban J connectivity index is 1.95. The summed E-state index contributed by atoms with van der Waals surface area (Å²) in [7, 11) is 0. The standard InChI is InChI=1S/C16H23NO2/c1-3-4-12(2)11-19-16(18)14-6-5-13-7-8-17-10-15(13)9-14/h5-6,9,12,17H,3-4,7-8,10-11H2,1-2H3. The highest BCUT2D eigenvalue weighted by molar-refractivity contribution is 5.89. The van der Waals surface area contributed by atoms with Gasteiger partial charge in [-0.15, -0.1) is 0 Å². The molecule has 1 N–H and O–H groups in total. The first-order valence-corrected chi connectivity index (χ1v) is 7.20. The lowest BCUT2D eigenvalue weighted by Crippen LogP contribution is -2.24. The normalized spacial score (nSPS) is 15.7. The van der Waals surface area contributed by atoms with Gasteiger partial charge in [0.2, 0.25) is 0 Å². The van der Waals surface area contributed by atoms with E-state index in [1.807, 2.05) is 12.1 Å². The van der Waals surface area contributed by atoms with Gasteiger partial charge in [-0.2, -0.15) is 0 Å². The van der Waals surface area contributed by atoms with E-state index in [2.05, 4.69) is 25.2 Å². The molecule has 0 spiro atoms. The maximum absolute atomic E-state index is 12.0. The monoisotopic (exact) mass is 261 g/mol. The Hall–Kier alpha value is -1.35. The summed E-state index contributed by atoms with van der Waals surface area (Å²) >= 11 is 0. The van der Waals surface area contributed by atoms with Gasteiger partial charge < -0.3 is 10.1 Å². The van der Waals surface area contributed by atoms with Crippen LogP contribution >= 0.6 is 0 Å². The number of rotatable bonds is 5. The van der Waals surface area contributed by atoms with E-state index in [9.17, 15) is 4.79 Å². The minimum atomic E-state index is -0.198. The van der Waals surface area contributed by atoms with Crippen LogP contribution in [-0.4, -0.2) is 19.1 Å². The van der Waals surface area contributed by atoms with E-state index in [0.717, 1.165) is 32.4 Å². The molecule has 0 aromatic heterocycles. The Kier molecular flexibility index (Phi) is 4.97. The lowest BCUT2D eigenvalue weighted by molar-refractivity contribution is 0.0443. The number of hydrogen-bond donors (Lipinski definition) is 1. The Morgan fingerprint density at radius 2 is 2.26 bits per heavy atom. The van der Waals surface area contributed by atoms with Gasteiger partial charge in [-0.05, 0) is 48.6 Å². The Labute approximate surface area is 115 Å². The molecule has 0 aliphatic carbocycles. The highest BCUT2D eigenvalue weighted by atomic mass is 16.5. The van der Waals surface area contributed by atoms with E-state index in [0.29, 0.717) is 18.1 Å². The van der Waals surface area contributed by atoms with Crippen LogP contribution in [0.5, 0.6) is 0 Å². The predicted octanol–water partition coefficient (Wildman–Crippen LogP) is 2.93. The molecular weight excluding hydrogens is 238 g/mol. The van der Waals surface area contributed by atoms with Crippen molar-refractivity contribution in [1.82, 2.24) is 5.32 Å². The van der Waals surface area contributed by atoms with Gasteiger partial charge in [-0.3, -0.25) is 0 Å². The summed E-state index contributed by atoms with van der Waals surface area (Å²) < 4.78 is 5.37. The largest absolute Gasteiger partial charge is 0.462 e. The maximum atomic E-state index is 12.0. The Bertz CT molecular complexity index is 442. The van der Waals surface area contributed by atoms with E-state index in [-0.39, 0.29) is 5.97 Å². The van der Waals surface area contributed by atoms with Crippen molar-refractivity contribution in [2.45, 2.75) is 39.7 Å². The molecule has 2 rings (SSSR count). The lowest BCUT2D eigenvalue weighted by atomic mass is 9.98. The first-order valence-electron chi connectivity index (χ1n) is 7.20. The number of fused-ring (bicyclic) bond motifs is 1. The molecule has 0 radical (unpaired) electrons. The van der Waals surface area contributed by atoms with Crippen LogP contribution in [0.4, 0.5) is 0 Å². The number of hydrogen-bond acceptors (Lipinski definition) is 3. The zero-order chi connectivity index (χ0) is 13.7. The second-order valence-electron chi connectivity index (χ2n) is 5.40. The molecule has 0 bridgehead atoms. The summed E-state index contributed by atoms with van der Waals surface area (Å²) in [6.07, 6.45) is 3.27. The molecule has 0 saturated carbocycles.